The fourth-order valence-electron chi connectivity index (χ4n) is 4.44. The molecule has 1 unspecified atom stereocenters. The monoisotopic (exact) mass is 382 g/mol. The van der Waals surface area contributed by atoms with Crippen molar-refractivity contribution < 1.29 is 4.79 Å². The van der Waals surface area contributed by atoms with Gasteiger partial charge in [-0.1, -0.05) is 12.5 Å². The van der Waals surface area contributed by atoms with Gasteiger partial charge >= 0.3 is 6.03 Å². The highest BCUT2D eigenvalue weighted by Crippen LogP contribution is 2.27. The van der Waals surface area contributed by atoms with Crippen LogP contribution < -0.4 is 5.32 Å². The van der Waals surface area contributed by atoms with E-state index in [0.29, 0.717) is 12.5 Å². The largest absolute Gasteiger partial charge is 0.336 e. The van der Waals surface area contributed by atoms with Crippen molar-refractivity contribution in [2.45, 2.75) is 44.1 Å². The summed E-state index contributed by atoms with van der Waals surface area (Å²) in [4.78, 5) is 21.5. The maximum atomic E-state index is 12.8. The van der Waals surface area contributed by atoms with Gasteiger partial charge in [0.05, 0.1) is 6.04 Å². The molecule has 1 atom stereocenters. The molecule has 0 aliphatic carbocycles. The third-order valence-electron chi connectivity index (χ3n) is 6.09. The number of likely N-dealkylation sites (tertiary alicyclic amines) is 2. The molecule has 0 saturated carbocycles. The Bertz CT molecular complexity index is 721. The summed E-state index contributed by atoms with van der Waals surface area (Å²) in [5.74, 6) is 0.475. The van der Waals surface area contributed by atoms with Gasteiger partial charge < -0.3 is 10.2 Å². The lowest BCUT2D eigenvalue weighted by Crippen LogP contribution is -2.47. The maximum absolute atomic E-state index is 12.8. The lowest BCUT2D eigenvalue weighted by atomic mass is 9.94. The molecule has 0 bridgehead atoms. The first-order chi connectivity index (χ1) is 13.8. The predicted octanol–water partition coefficient (Wildman–Crippen LogP) is 2.92. The Labute approximate surface area is 166 Å². The van der Waals surface area contributed by atoms with Gasteiger partial charge in [0, 0.05) is 49.8 Å². The number of aromatic amines is 1. The smallest absolute Gasteiger partial charge is 0.317 e. The summed E-state index contributed by atoms with van der Waals surface area (Å²) in [6, 6.07) is 6.38. The highest BCUT2D eigenvalue weighted by molar-refractivity contribution is 5.74. The Morgan fingerprint density at radius 3 is 2.64 bits per heavy atom. The second kappa shape index (κ2) is 9.19. The number of rotatable bonds is 5. The fraction of sp³-hybridized carbons (Fsp3) is 0.571. The summed E-state index contributed by atoms with van der Waals surface area (Å²) in [5, 5.41) is 10.3. The average Bonchev–Trinajstić information content (AvgIpc) is 3.30. The summed E-state index contributed by atoms with van der Waals surface area (Å²) in [6.45, 7) is 4.38. The Hall–Kier alpha value is -2.41. The fourth-order valence-corrected chi connectivity index (χ4v) is 4.44. The number of pyridine rings is 1. The number of urea groups is 1. The second-order valence-electron chi connectivity index (χ2n) is 7.86. The van der Waals surface area contributed by atoms with E-state index in [4.69, 9.17) is 0 Å². The highest BCUT2D eigenvalue weighted by Gasteiger charge is 2.27. The number of aromatic nitrogens is 3. The molecule has 4 rings (SSSR count). The van der Waals surface area contributed by atoms with Crippen LogP contribution in [0.25, 0.3) is 0 Å². The number of nitrogens with one attached hydrogen (secondary N) is 2. The van der Waals surface area contributed by atoms with Gasteiger partial charge in [0.1, 0.15) is 0 Å². The standard InChI is InChI=1S/C21H30N6O/c28-21(27-13-7-17(8-14-27)19-6-10-24-25-19)23-16-20(18-5-4-9-22-15-18)26-11-2-1-3-12-26/h4-6,9-10,15,17,20H,1-3,7-8,11-14,16H2,(H,23,28)(H,24,25). The molecule has 0 aromatic carbocycles. The van der Waals surface area contributed by atoms with Crippen LogP contribution in [0, 0.1) is 0 Å². The number of H-pyrrole nitrogens is 1. The van der Waals surface area contributed by atoms with Crippen molar-refractivity contribution in [1.82, 2.24) is 30.3 Å². The van der Waals surface area contributed by atoms with Crippen LogP contribution >= 0.6 is 0 Å². The quantitative estimate of drug-likeness (QED) is 0.834. The summed E-state index contributed by atoms with van der Waals surface area (Å²) < 4.78 is 0. The summed E-state index contributed by atoms with van der Waals surface area (Å²) >= 11 is 0. The van der Waals surface area contributed by atoms with Crippen molar-refractivity contribution in [2.24, 2.45) is 0 Å². The van der Waals surface area contributed by atoms with E-state index >= 15 is 0 Å². The van der Waals surface area contributed by atoms with E-state index in [-0.39, 0.29) is 12.1 Å². The number of piperidine rings is 2. The van der Waals surface area contributed by atoms with Crippen LogP contribution in [-0.4, -0.2) is 63.7 Å². The number of carbonyl (C=O) groups excluding carboxylic acids is 1. The molecule has 2 N–H and O–H groups in total. The Balaban J connectivity index is 1.32. The van der Waals surface area contributed by atoms with Gasteiger partial charge in [0.2, 0.25) is 0 Å². The first kappa shape index (κ1) is 18.9. The molecule has 2 aliphatic heterocycles. The van der Waals surface area contributed by atoms with Gasteiger partial charge in [-0.05, 0) is 56.5 Å². The number of hydrogen-bond donors (Lipinski definition) is 2. The number of nitrogens with zero attached hydrogens (tertiary/aromatic N) is 4. The zero-order valence-electron chi connectivity index (χ0n) is 16.4. The highest BCUT2D eigenvalue weighted by atomic mass is 16.2. The molecular formula is C21H30N6O. The molecule has 0 spiro atoms. The van der Waals surface area contributed by atoms with E-state index < -0.39 is 0 Å². The maximum Gasteiger partial charge on any atom is 0.317 e. The van der Waals surface area contributed by atoms with E-state index in [1.54, 1.807) is 12.4 Å². The van der Waals surface area contributed by atoms with Crippen molar-refractivity contribution in [3.05, 3.63) is 48.0 Å². The molecule has 2 aliphatic rings. The second-order valence-corrected chi connectivity index (χ2v) is 7.86. The average molecular weight is 383 g/mol. The van der Waals surface area contributed by atoms with Gasteiger partial charge in [0.25, 0.3) is 0 Å². The van der Waals surface area contributed by atoms with Gasteiger partial charge in [-0.15, -0.1) is 0 Å². The minimum absolute atomic E-state index is 0.0500. The summed E-state index contributed by atoms with van der Waals surface area (Å²) in [5.41, 5.74) is 2.37. The molecule has 150 valence electrons. The molecule has 7 nitrogen and oxygen atoms in total. The minimum Gasteiger partial charge on any atom is -0.336 e. The molecule has 2 aromatic rings. The zero-order valence-corrected chi connectivity index (χ0v) is 16.4. The summed E-state index contributed by atoms with van der Waals surface area (Å²) in [7, 11) is 0. The van der Waals surface area contributed by atoms with E-state index in [1.165, 1.54) is 30.5 Å². The van der Waals surface area contributed by atoms with Crippen molar-refractivity contribution in [3.8, 4) is 0 Å². The van der Waals surface area contributed by atoms with Crippen molar-refractivity contribution in [3.63, 3.8) is 0 Å². The molecule has 2 saturated heterocycles. The Kier molecular flexibility index (Phi) is 6.21. The molecule has 7 heteroatoms. The van der Waals surface area contributed by atoms with Crippen molar-refractivity contribution in [2.75, 3.05) is 32.7 Å². The molecule has 0 radical (unpaired) electrons. The van der Waals surface area contributed by atoms with Crippen molar-refractivity contribution in [1.29, 1.82) is 0 Å². The Morgan fingerprint density at radius 2 is 1.96 bits per heavy atom. The molecular weight excluding hydrogens is 352 g/mol. The minimum atomic E-state index is 0.0500. The molecule has 2 aromatic heterocycles. The van der Waals surface area contributed by atoms with Crippen LogP contribution in [0.15, 0.2) is 36.8 Å². The van der Waals surface area contributed by atoms with E-state index in [2.05, 4.69) is 31.5 Å². The first-order valence-corrected chi connectivity index (χ1v) is 10.5. The van der Waals surface area contributed by atoms with Gasteiger partial charge in [-0.3, -0.25) is 15.0 Å². The number of hydrogen-bond acceptors (Lipinski definition) is 4. The van der Waals surface area contributed by atoms with Gasteiger partial charge in [-0.2, -0.15) is 5.10 Å². The van der Waals surface area contributed by atoms with E-state index in [0.717, 1.165) is 39.0 Å². The van der Waals surface area contributed by atoms with E-state index in [1.807, 2.05) is 23.2 Å². The lowest BCUT2D eigenvalue weighted by Gasteiger charge is -2.36. The summed E-state index contributed by atoms with van der Waals surface area (Å²) in [6.07, 6.45) is 11.3. The lowest BCUT2D eigenvalue weighted by molar-refractivity contribution is 0.150. The number of carbonyl (C=O) groups is 1. The third kappa shape index (κ3) is 4.52. The molecule has 28 heavy (non-hydrogen) atoms. The number of amides is 2. The van der Waals surface area contributed by atoms with Crippen LogP contribution in [0.5, 0.6) is 0 Å². The first-order valence-electron chi connectivity index (χ1n) is 10.5. The van der Waals surface area contributed by atoms with Gasteiger partial charge in [-0.25, -0.2) is 4.79 Å². The van der Waals surface area contributed by atoms with Crippen LogP contribution in [0.2, 0.25) is 0 Å². The van der Waals surface area contributed by atoms with Gasteiger partial charge in [0.15, 0.2) is 0 Å². The SMILES string of the molecule is O=C(NCC(c1cccnc1)N1CCCCC1)N1CCC(c2ccn[nH]2)CC1. The zero-order chi connectivity index (χ0) is 19.2. The third-order valence-corrected chi connectivity index (χ3v) is 6.09. The van der Waals surface area contributed by atoms with E-state index in [9.17, 15) is 4.79 Å². The topological polar surface area (TPSA) is 77.2 Å². The normalized spacial score (nSPS) is 20.1. The molecule has 2 fully saturated rings. The Morgan fingerprint density at radius 1 is 1.14 bits per heavy atom. The van der Waals surface area contributed by atoms with Crippen LogP contribution in [0.3, 0.4) is 0 Å². The van der Waals surface area contributed by atoms with Crippen LogP contribution in [0.4, 0.5) is 4.79 Å². The molecule has 4 heterocycles. The van der Waals surface area contributed by atoms with Crippen molar-refractivity contribution >= 4 is 6.03 Å². The van der Waals surface area contributed by atoms with Crippen LogP contribution in [-0.2, 0) is 0 Å². The van der Waals surface area contributed by atoms with Crippen LogP contribution in [0.1, 0.15) is 55.3 Å². The molecule has 2 amide bonds. The predicted molar refractivity (Wildman–Crippen MR) is 108 cm³/mol.